The molecule has 0 fully saturated rings. The van der Waals surface area contributed by atoms with Crippen molar-refractivity contribution in [1.29, 1.82) is 0 Å². The van der Waals surface area contributed by atoms with Crippen LogP contribution in [0.25, 0.3) is 10.9 Å². The van der Waals surface area contributed by atoms with Gasteiger partial charge in [0.2, 0.25) is 0 Å². The van der Waals surface area contributed by atoms with Gasteiger partial charge in [0.25, 0.3) is 0 Å². The normalized spacial score (nSPS) is 14.8. The van der Waals surface area contributed by atoms with Crippen LogP contribution in [0.1, 0.15) is 35.7 Å². The predicted molar refractivity (Wildman–Crippen MR) is 143 cm³/mol. The Morgan fingerprint density at radius 1 is 1.03 bits per heavy atom. The van der Waals surface area contributed by atoms with Crippen molar-refractivity contribution >= 4 is 40.2 Å². The van der Waals surface area contributed by atoms with Gasteiger partial charge in [-0.2, -0.15) is 0 Å². The molecule has 0 radical (unpaired) electrons. The molecule has 1 aromatic heterocycles. The minimum atomic E-state index is -0.431. The van der Waals surface area contributed by atoms with Crippen LogP contribution in [0.2, 0.25) is 10.0 Å². The van der Waals surface area contributed by atoms with E-state index >= 15 is 0 Å². The van der Waals surface area contributed by atoms with Crippen molar-refractivity contribution in [2.45, 2.75) is 25.3 Å². The molecule has 3 aromatic carbocycles. The highest BCUT2D eigenvalue weighted by atomic mass is 35.5. The lowest BCUT2D eigenvalue weighted by Gasteiger charge is -2.35. The van der Waals surface area contributed by atoms with Crippen molar-refractivity contribution in [3.8, 4) is 23.8 Å². The fourth-order valence-electron chi connectivity index (χ4n) is 4.58. The maximum absolute atomic E-state index is 13.4. The molecule has 2 heterocycles. The summed E-state index contributed by atoms with van der Waals surface area (Å²) in [6.45, 7) is 1.05. The number of halogens is 2. The number of amides is 1. The number of nitrogens with zero attached hydrogens (tertiary/aromatic N) is 1. The van der Waals surface area contributed by atoms with Crippen LogP contribution in [-0.4, -0.2) is 29.1 Å². The van der Waals surface area contributed by atoms with Gasteiger partial charge in [0.1, 0.15) is 17.5 Å². The molecule has 5 rings (SSSR count). The molecule has 0 aliphatic carbocycles. The van der Waals surface area contributed by atoms with Crippen LogP contribution in [0.5, 0.6) is 11.5 Å². The number of hydrogen-bond donors (Lipinski definition) is 1. The minimum Gasteiger partial charge on any atom is -0.494 e. The van der Waals surface area contributed by atoms with Gasteiger partial charge in [-0.3, -0.25) is 4.90 Å². The fraction of sp³-hybridized carbons (Fsp3) is 0.207. The number of aromatic nitrogens is 1. The SMILES string of the molecule is C#CCCCOc1ccc([C@H]2c3[nH]c4ccc(Cl)cc4c3CCN2C(=O)Oc2ccc(Cl)cc2)cc1. The Bertz CT molecular complexity index is 1420. The molecule has 5 nitrogen and oxygen atoms in total. The van der Waals surface area contributed by atoms with Crippen molar-refractivity contribution < 1.29 is 14.3 Å². The molecule has 1 amide bonds. The molecule has 182 valence electrons. The summed E-state index contributed by atoms with van der Waals surface area (Å²) in [5.74, 6) is 3.81. The smallest absolute Gasteiger partial charge is 0.416 e. The Hall–Kier alpha value is -3.59. The molecule has 7 heteroatoms. The maximum Gasteiger partial charge on any atom is 0.416 e. The fourth-order valence-corrected chi connectivity index (χ4v) is 4.87. The van der Waals surface area contributed by atoms with Crippen LogP contribution in [0.3, 0.4) is 0 Å². The largest absolute Gasteiger partial charge is 0.494 e. The predicted octanol–water partition coefficient (Wildman–Crippen LogP) is 7.41. The lowest BCUT2D eigenvalue weighted by molar-refractivity contribution is 0.135. The number of aromatic amines is 1. The van der Waals surface area contributed by atoms with E-state index in [2.05, 4.69) is 10.9 Å². The van der Waals surface area contributed by atoms with Gasteiger partial charge >= 0.3 is 6.09 Å². The molecule has 36 heavy (non-hydrogen) atoms. The van der Waals surface area contributed by atoms with Gasteiger partial charge in [-0.15, -0.1) is 12.3 Å². The molecule has 1 atom stereocenters. The van der Waals surface area contributed by atoms with Crippen LogP contribution in [0.15, 0.2) is 66.7 Å². The number of carbonyl (C=O) groups excluding carboxylic acids is 1. The third kappa shape index (κ3) is 5.02. The van der Waals surface area contributed by atoms with Crippen LogP contribution in [-0.2, 0) is 6.42 Å². The van der Waals surface area contributed by atoms with E-state index in [1.807, 2.05) is 42.5 Å². The number of H-pyrrole nitrogens is 1. The highest BCUT2D eigenvalue weighted by molar-refractivity contribution is 6.31. The van der Waals surface area contributed by atoms with Crippen molar-refractivity contribution in [2.24, 2.45) is 0 Å². The number of terminal acetylenes is 1. The molecular formula is C29H24Cl2N2O3. The number of hydrogen-bond acceptors (Lipinski definition) is 3. The number of benzene rings is 3. The molecule has 1 aliphatic rings. The summed E-state index contributed by atoms with van der Waals surface area (Å²) in [5, 5.41) is 2.33. The number of unbranched alkanes of at least 4 members (excludes halogenated alkanes) is 1. The molecule has 0 spiro atoms. The van der Waals surface area contributed by atoms with Gasteiger partial charge in [0.15, 0.2) is 0 Å². The van der Waals surface area contributed by atoms with Crippen molar-refractivity contribution in [2.75, 3.05) is 13.2 Å². The zero-order valence-corrected chi connectivity index (χ0v) is 21.0. The van der Waals surface area contributed by atoms with Crippen LogP contribution < -0.4 is 9.47 Å². The van der Waals surface area contributed by atoms with Crippen LogP contribution >= 0.6 is 23.2 Å². The topological polar surface area (TPSA) is 54.6 Å². The Labute approximate surface area is 219 Å². The number of carbonyl (C=O) groups is 1. The number of nitrogens with one attached hydrogen (secondary N) is 1. The van der Waals surface area contributed by atoms with E-state index in [4.69, 9.17) is 39.1 Å². The average Bonchev–Trinajstić information content (AvgIpc) is 3.25. The van der Waals surface area contributed by atoms with E-state index in [9.17, 15) is 4.79 Å². The highest BCUT2D eigenvalue weighted by Gasteiger charge is 2.35. The lowest BCUT2D eigenvalue weighted by atomic mass is 9.92. The van der Waals surface area contributed by atoms with Crippen molar-refractivity contribution in [3.05, 3.63) is 93.6 Å². The standard InChI is InChI=1S/C29H24Cl2N2O3/c1-2-3-4-17-35-22-10-5-19(6-11-22)28-27-24(25-18-21(31)9-14-26(25)32-27)15-16-33(28)29(34)36-23-12-7-20(30)8-13-23/h1,5-14,18,28,32H,3-4,15-17H2/t28-/m0/s1. The second-order valence-corrected chi connectivity index (χ2v) is 9.47. The van der Waals surface area contributed by atoms with E-state index in [-0.39, 0.29) is 6.04 Å². The summed E-state index contributed by atoms with van der Waals surface area (Å²) in [6, 6.07) is 20.0. The van der Waals surface area contributed by atoms with E-state index in [0.29, 0.717) is 41.8 Å². The third-order valence-corrected chi connectivity index (χ3v) is 6.76. The first-order chi connectivity index (χ1) is 17.5. The van der Waals surface area contributed by atoms with E-state index in [0.717, 1.165) is 39.9 Å². The second kappa shape index (κ2) is 10.6. The lowest BCUT2D eigenvalue weighted by Crippen LogP contribution is -2.42. The zero-order chi connectivity index (χ0) is 25.1. The van der Waals surface area contributed by atoms with Crippen LogP contribution in [0.4, 0.5) is 4.79 Å². The molecule has 0 unspecified atom stereocenters. The van der Waals surface area contributed by atoms with E-state index in [1.54, 1.807) is 29.2 Å². The van der Waals surface area contributed by atoms with Crippen molar-refractivity contribution in [1.82, 2.24) is 9.88 Å². The van der Waals surface area contributed by atoms with Crippen LogP contribution in [0, 0.1) is 12.3 Å². The summed E-state index contributed by atoms with van der Waals surface area (Å²) in [6.07, 6.45) is 7.04. The number of ether oxygens (including phenoxy) is 2. The summed E-state index contributed by atoms with van der Waals surface area (Å²) >= 11 is 12.3. The number of fused-ring (bicyclic) bond motifs is 3. The van der Waals surface area contributed by atoms with Crippen molar-refractivity contribution in [3.63, 3.8) is 0 Å². The summed E-state index contributed by atoms with van der Waals surface area (Å²) < 4.78 is 11.5. The maximum atomic E-state index is 13.4. The third-order valence-electron chi connectivity index (χ3n) is 6.27. The van der Waals surface area contributed by atoms with Gasteiger partial charge in [0, 0.05) is 39.6 Å². The Morgan fingerprint density at radius 3 is 2.50 bits per heavy atom. The first kappa shape index (κ1) is 24.1. The molecule has 1 N–H and O–H groups in total. The molecular weight excluding hydrogens is 495 g/mol. The van der Waals surface area contributed by atoms with E-state index < -0.39 is 6.09 Å². The molecule has 4 aromatic rings. The van der Waals surface area contributed by atoms with Gasteiger partial charge in [0.05, 0.1) is 6.61 Å². The van der Waals surface area contributed by atoms with E-state index in [1.165, 1.54) is 0 Å². The molecule has 0 bridgehead atoms. The van der Waals surface area contributed by atoms with Gasteiger partial charge < -0.3 is 14.5 Å². The second-order valence-electron chi connectivity index (χ2n) is 8.60. The van der Waals surface area contributed by atoms with Gasteiger partial charge in [-0.05, 0) is 78.6 Å². The monoisotopic (exact) mass is 518 g/mol. The molecule has 0 saturated carbocycles. The molecule has 0 saturated heterocycles. The first-order valence-corrected chi connectivity index (χ1v) is 12.5. The minimum absolute atomic E-state index is 0.366. The molecule has 1 aliphatic heterocycles. The average molecular weight is 519 g/mol. The quantitative estimate of drug-likeness (QED) is 0.213. The zero-order valence-electron chi connectivity index (χ0n) is 19.5. The van der Waals surface area contributed by atoms with Gasteiger partial charge in [-0.25, -0.2) is 4.79 Å². The summed E-state index contributed by atoms with van der Waals surface area (Å²) in [4.78, 5) is 18.7. The Balaban J connectivity index is 1.48. The first-order valence-electron chi connectivity index (χ1n) is 11.7. The Morgan fingerprint density at radius 2 is 1.75 bits per heavy atom. The summed E-state index contributed by atoms with van der Waals surface area (Å²) in [5.41, 5.74) is 4.03. The summed E-state index contributed by atoms with van der Waals surface area (Å²) in [7, 11) is 0. The van der Waals surface area contributed by atoms with Gasteiger partial charge in [-0.1, -0.05) is 35.3 Å². The number of rotatable bonds is 6. The Kier molecular flexibility index (Phi) is 7.09. The highest BCUT2D eigenvalue weighted by Crippen LogP contribution is 2.40.